The number of hydrogen-bond donors (Lipinski definition) is 2. The first-order valence-electron chi connectivity index (χ1n) is 12.2. The molecular formula is C25H27BrN8O4. The summed E-state index contributed by atoms with van der Waals surface area (Å²) in [6, 6.07) is 4.47. The molecule has 0 unspecified atom stereocenters. The Morgan fingerprint density at radius 2 is 1.95 bits per heavy atom. The molecule has 1 atom stereocenters. The Morgan fingerprint density at radius 3 is 2.68 bits per heavy atom. The monoisotopic (exact) mass is 582 g/mol. The zero-order valence-corrected chi connectivity index (χ0v) is 22.6. The molecule has 3 aromatic rings. The van der Waals surface area contributed by atoms with Crippen molar-refractivity contribution in [1.29, 1.82) is 0 Å². The number of nitro benzene ring substituents is 1. The Balaban J connectivity index is 1.40. The molecule has 1 aromatic carbocycles. The van der Waals surface area contributed by atoms with Gasteiger partial charge in [0, 0.05) is 68.3 Å². The smallest absolute Gasteiger partial charge is 0.294 e. The third-order valence-corrected chi connectivity index (χ3v) is 7.44. The molecule has 38 heavy (non-hydrogen) atoms. The van der Waals surface area contributed by atoms with E-state index in [0.29, 0.717) is 49.1 Å². The molecule has 1 saturated heterocycles. The summed E-state index contributed by atoms with van der Waals surface area (Å²) in [5, 5.41) is 22.5. The van der Waals surface area contributed by atoms with E-state index in [-0.39, 0.29) is 34.8 Å². The first kappa shape index (κ1) is 25.6. The highest BCUT2D eigenvalue weighted by atomic mass is 79.9. The van der Waals surface area contributed by atoms with Gasteiger partial charge in [-0.05, 0) is 25.0 Å². The normalized spacial score (nSPS) is 16.8. The van der Waals surface area contributed by atoms with Gasteiger partial charge in [-0.2, -0.15) is 5.10 Å². The van der Waals surface area contributed by atoms with E-state index < -0.39 is 4.92 Å². The van der Waals surface area contributed by atoms with Crippen LogP contribution in [0.15, 0.2) is 41.3 Å². The zero-order valence-electron chi connectivity index (χ0n) is 21.0. The molecule has 2 aliphatic heterocycles. The van der Waals surface area contributed by atoms with Gasteiger partial charge in [0.2, 0.25) is 0 Å². The van der Waals surface area contributed by atoms with Gasteiger partial charge in [0.05, 0.1) is 40.2 Å². The SMILES string of the molecule is CNc1cncc(C(=O)N2CCC[C@@H](Nc3c(C(=O)N4Cc5cnn(C)c5C4)cc(Br)cc3[N+](=O)[O-])C2)c1. The van der Waals surface area contributed by atoms with E-state index in [4.69, 9.17) is 0 Å². The number of likely N-dealkylation sites (tertiary alicyclic amines) is 1. The summed E-state index contributed by atoms with van der Waals surface area (Å²) in [5.41, 5.74) is 3.27. The first-order valence-corrected chi connectivity index (χ1v) is 13.0. The van der Waals surface area contributed by atoms with Crippen LogP contribution in [0, 0.1) is 10.1 Å². The number of nitrogens with zero attached hydrogens (tertiary/aromatic N) is 6. The van der Waals surface area contributed by atoms with E-state index in [1.54, 1.807) is 46.1 Å². The summed E-state index contributed by atoms with van der Waals surface area (Å²) < 4.78 is 2.18. The fraction of sp³-hybridized carbons (Fsp3) is 0.360. The fourth-order valence-electron chi connectivity index (χ4n) is 5.02. The Kier molecular flexibility index (Phi) is 7.02. The number of rotatable bonds is 6. The van der Waals surface area contributed by atoms with Crippen LogP contribution in [-0.2, 0) is 20.1 Å². The lowest BCUT2D eigenvalue weighted by atomic mass is 10.0. The number of nitrogens with one attached hydrogen (secondary N) is 2. The Bertz CT molecular complexity index is 1420. The number of nitro groups is 1. The molecule has 13 heteroatoms. The van der Waals surface area contributed by atoms with Gasteiger partial charge in [-0.15, -0.1) is 0 Å². The summed E-state index contributed by atoms with van der Waals surface area (Å²) in [4.78, 5) is 45.9. The molecule has 1 fully saturated rings. The van der Waals surface area contributed by atoms with Crippen molar-refractivity contribution in [3.05, 3.63) is 73.8 Å². The molecular weight excluding hydrogens is 556 g/mol. The summed E-state index contributed by atoms with van der Waals surface area (Å²) in [6.45, 7) is 1.66. The lowest BCUT2D eigenvalue weighted by molar-refractivity contribution is -0.384. The number of carbonyl (C=O) groups is 2. The molecule has 12 nitrogen and oxygen atoms in total. The second-order valence-corrected chi connectivity index (χ2v) is 10.4. The van der Waals surface area contributed by atoms with Crippen LogP contribution in [-0.4, -0.2) is 67.5 Å². The maximum Gasteiger partial charge on any atom is 0.294 e. The van der Waals surface area contributed by atoms with Gasteiger partial charge >= 0.3 is 0 Å². The van der Waals surface area contributed by atoms with E-state index in [2.05, 4.69) is 36.6 Å². The van der Waals surface area contributed by atoms with Crippen LogP contribution in [0.2, 0.25) is 0 Å². The van der Waals surface area contributed by atoms with Gasteiger partial charge in [0.25, 0.3) is 17.5 Å². The van der Waals surface area contributed by atoms with Crippen molar-refractivity contribution in [2.75, 3.05) is 30.8 Å². The van der Waals surface area contributed by atoms with E-state index in [1.165, 1.54) is 12.3 Å². The van der Waals surface area contributed by atoms with Gasteiger partial charge in [-0.1, -0.05) is 15.9 Å². The summed E-state index contributed by atoms with van der Waals surface area (Å²) in [7, 11) is 3.58. The lowest BCUT2D eigenvalue weighted by Gasteiger charge is -2.34. The topological polar surface area (TPSA) is 139 Å². The third kappa shape index (κ3) is 4.93. The maximum atomic E-state index is 13.7. The van der Waals surface area contributed by atoms with Crippen LogP contribution < -0.4 is 10.6 Å². The summed E-state index contributed by atoms with van der Waals surface area (Å²) in [6.07, 6.45) is 6.31. The van der Waals surface area contributed by atoms with Gasteiger partial charge in [-0.25, -0.2) is 0 Å². The average Bonchev–Trinajstić information content (AvgIpc) is 3.50. The predicted molar refractivity (Wildman–Crippen MR) is 144 cm³/mol. The first-order chi connectivity index (χ1) is 18.2. The molecule has 198 valence electrons. The second-order valence-electron chi connectivity index (χ2n) is 9.45. The number of piperidine rings is 1. The molecule has 2 amide bonds. The molecule has 0 spiro atoms. The number of aryl methyl sites for hydroxylation is 1. The predicted octanol–water partition coefficient (Wildman–Crippen LogP) is 3.40. The van der Waals surface area contributed by atoms with Crippen molar-refractivity contribution in [3.63, 3.8) is 0 Å². The van der Waals surface area contributed by atoms with E-state index >= 15 is 0 Å². The number of hydrogen-bond acceptors (Lipinski definition) is 8. The van der Waals surface area contributed by atoms with Crippen LogP contribution in [0.4, 0.5) is 17.1 Å². The molecule has 5 rings (SSSR count). The molecule has 0 saturated carbocycles. The van der Waals surface area contributed by atoms with Crippen LogP contribution >= 0.6 is 15.9 Å². The molecule has 2 N–H and O–H groups in total. The van der Waals surface area contributed by atoms with E-state index in [9.17, 15) is 19.7 Å². The van der Waals surface area contributed by atoms with Crippen molar-refractivity contribution in [2.24, 2.45) is 7.05 Å². The minimum Gasteiger partial charge on any atom is -0.387 e. The maximum absolute atomic E-state index is 13.7. The van der Waals surface area contributed by atoms with Crippen molar-refractivity contribution in [2.45, 2.75) is 32.0 Å². The summed E-state index contributed by atoms with van der Waals surface area (Å²) in [5.74, 6) is -0.474. The Hall–Kier alpha value is -4.00. The number of anilines is 2. The minimum atomic E-state index is -0.493. The molecule has 2 aromatic heterocycles. The van der Waals surface area contributed by atoms with Crippen molar-refractivity contribution < 1.29 is 14.5 Å². The molecule has 4 heterocycles. The molecule has 0 radical (unpaired) electrons. The van der Waals surface area contributed by atoms with Gasteiger partial charge in [0.1, 0.15) is 5.69 Å². The number of aromatic nitrogens is 3. The van der Waals surface area contributed by atoms with Gasteiger partial charge in [0.15, 0.2) is 0 Å². The lowest BCUT2D eigenvalue weighted by Crippen LogP contribution is -2.45. The number of halogens is 1. The molecule has 0 aliphatic carbocycles. The quantitative estimate of drug-likeness (QED) is 0.333. The van der Waals surface area contributed by atoms with E-state index in [1.807, 2.05) is 7.05 Å². The second kappa shape index (κ2) is 10.4. The highest BCUT2D eigenvalue weighted by Crippen LogP contribution is 2.36. The van der Waals surface area contributed by atoms with E-state index in [0.717, 1.165) is 16.9 Å². The van der Waals surface area contributed by atoms with Crippen molar-refractivity contribution >= 4 is 44.8 Å². The van der Waals surface area contributed by atoms with Gasteiger partial charge < -0.3 is 20.4 Å². The van der Waals surface area contributed by atoms with Crippen LogP contribution in [0.3, 0.4) is 0 Å². The third-order valence-electron chi connectivity index (χ3n) is 6.98. The Labute approximate surface area is 227 Å². The molecule has 0 bridgehead atoms. The highest BCUT2D eigenvalue weighted by molar-refractivity contribution is 9.10. The average molecular weight is 583 g/mol. The fourth-order valence-corrected chi connectivity index (χ4v) is 5.46. The minimum absolute atomic E-state index is 0.161. The number of carbonyl (C=O) groups excluding carboxylic acids is 2. The standard InChI is InChI=1S/C25H27BrN8O4/c1-27-19-6-15(9-28-11-19)24(35)32-5-3-4-18(13-32)30-23-20(7-17(26)8-21(23)34(37)38)25(36)33-12-16-10-29-31(2)22(16)14-33/h6-11,18,27,30H,3-5,12-14H2,1-2H3/t18-/m1/s1. The zero-order chi connectivity index (χ0) is 27.0. The summed E-state index contributed by atoms with van der Waals surface area (Å²) >= 11 is 3.34. The van der Waals surface area contributed by atoms with Crippen LogP contribution in [0.25, 0.3) is 0 Å². The number of pyridine rings is 1. The van der Waals surface area contributed by atoms with Gasteiger partial charge in [-0.3, -0.25) is 29.4 Å². The number of amides is 2. The largest absolute Gasteiger partial charge is 0.387 e. The van der Waals surface area contributed by atoms with Crippen LogP contribution in [0.5, 0.6) is 0 Å². The van der Waals surface area contributed by atoms with Crippen molar-refractivity contribution in [1.82, 2.24) is 24.6 Å². The number of fused-ring (bicyclic) bond motifs is 1. The Morgan fingerprint density at radius 1 is 1.13 bits per heavy atom. The number of benzene rings is 1. The van der Waals surface area contributed by atoms with Crippen molar-refractivity contribution in [3.8, 4) is 0 Å². The highest BCUT2D eigenvalue weighted by Gasteiger charge is 2.33. The molecule has 2 aliphatic rings. The van der Waals surface area contributed by atoms with Crippen LogP contribution in [0.1, 0.15) is 44.8 Å².